The standard InChI is InChI=1S/C12H13N3O2.C8H7BrF2/c1-7-9-4-5-11(17-3)15-12(9)13-6-10(7)14-8(2)16;1-2-6-7(10)3-5(9)4-8(6)11/h4-6H,1-3H3,(H,14,16);3-4H,2H2,1H3. The van der Waals surface area contributed by atoms with Crippen molar-refractivity contribution in [2.45, 2.75) is 27.2 Å². The Balaban J connectivity index is 0.000000221. The van der Waals surface area contributed by atoms with Crippen LogP contribution in [0.5, 0.6) is 5.88 Å². The molecule has 5 nitrogen and oxygen atoms in total. The number of amides is 1. The van der Waals surface area contributed by atoms with E-state index in [9.17, 15) is 13.6 Å². The maximum atomic E-state index is 12.8. The van der Waals surface area contributed by atoms with Crippen LogP contribution < -0.4 is 10.1 Å². The number of nitrogens with one attached hydrogen (secondary N) is 1. The minimum Gasteiger partial charge on any atom is -0.481 e. The maximum absolute atomic E-state index is 12.8. The lowest BCUT2D eigenvalue weighted by Gasteiger charge is -2.09. The first kappa shape index (κ1) is 21.7. The SMILES string of the molecule is CCc1c(F)cc(Br)cc1F.COc1ccc2c(C)c(NC(C)=O)cnc2n1. The number of fused-ring (bicyclic) bond motifs is 1. The van der Waals surface area contributed by atoms with Gasteiger partial charge in [-0.15, -0.1) is 0 Å². The monoisotopic (exact) mass is 451 g/mol. The molecule has 0 bridgehead atoms. The van der Waals surface area contributed by atoms with Gasteiger partial charge in [0, 0.05) is 28.4 Å². The quantitative estimate of drug-likeness (QED) is 0.594. The van der Waals surface area contributed by atoms with Crippen LogP contribution in [-0.2, 0) is 11.2 Å². The number of rotatable bonds is 3. The minimum absolute atomic E-state index is 0.115. The third kappa shape index (κ3) is 5.22. The van der Waals surface area contributed by atoms with Crippen molar-refractivity contribution in [2.24, 2.45) is 0 Å². The summed E-state index contributed by atoms with van der Waals surface area (Å²) in [5.41, 5.74) is 2.40. The predicted octanol–water partition coefficient (Wildman–Crippen LogP) is 5.19. The summed E-state index contributed by atoms with van der Waals surface area (Å²) in [7, 11) is 1.56. The van der Waals surface area contributed by atoms with Gasteiger partial charge < -0.3 is 10.1 Å². The Morgan fingerprint density at radius 2 is 1.89 bits per heavy atom. The average Bonchev–Trinajstić information content (AvgIpc) is 2.63. The van der Waals surface area contributed by atoms with Gasteiger partial charge >= 0.3 is 0 Å². The lowest BCUT2D eigenvalue weighted by molar-refractivity contribution is -0.114. The van der Waals surface area contributed by atoms with Crippen molar-refractivity contribution in [3.05, 3.63) is 57.7 Å². The largest absolute Gasteiger partial charge is 0.481 e. The normalized spacial score (nSPS) is 10.2. The summed E-state index contributed by atoms with van der Waals surface area (Å²) in [6, 6.07) is 6.19. The van der Waals surface area contributed by atoms with E-state index >= 15 is 0 Å². The molecular formula is C20H20BrF2N3O2. The molecular weight excluding hydrogens is 432 g/mol. The fraction of sp³-hybridized carbons (Fsp3) is 0.250. The van der Waals surface area contributed by atoms with Gasteiger partial charge in [0.05, 0.1) is 19.0 Å². The van der Waals surface area contributed by atoms with Crippen LogP contribution in [0.15, 0.2) is 34.9 Å². The summed E-state index contributed by atoms with van der Waals surface area (Å²) in [5.74, 6) is -0.564. The van der Waals surface area contributed by atoms with E-state index in [1.807, 2.05) is 13.0 Å². The van der Waals surface area contributed by atoms with E-state index in [-0.39, 0.29) is 11.5 Å². The van der Waals surface area contributed by atoms with Crippen molar-refractivity contribution in [2.75, 3.05) is 12.4 Å². The van der Waals surface area contributed by atoms with Gasteiger partial charge in [-0.25, -0.2) is 13.8 Å². The number of hydrogen-bond acceptors (Lipinski definition) is 4. The molecule has 2 aromatic heterocycles. The first-order valence-electron chi connectivity index (χ1n) is 8.48. The number of anilines is 1. The average molecular weight is 452 g/mol. The van der Waals surface area contributed by atoms with E-state index in [1.165, 1.54) is 19.1 Å². The number of benzene rings is 1. The molecule has 1 N–H and O–H groups in total. The molecule has 0 aliphatic carbocycles. The summed E-state index contributed by atoms with van der Waals surface area (Å²) in [4.78, 5) is 19.5. The second kappa shape index (κ2) is 9.54. The fourth-order valence-corrected chi connectivity index (χ4v) is 2.93. The number of nitrogens with zero attached hydrogens (tertiary/aromatic N) is 2. The molecule has 0 radical (unpaired) electrons. The molecule has 8 heteroatoms. The predicted molar refractivity (Wildman–Crippen MR) is 109 cm³/mol. The highest BCUT2D eigenvalue weighted by Gasteiger charge is 2.08. The van der Waals surface area contributed by atoms with Crippen LogP contribution >= 0.6 is 15.9 Å². The van der Waals surface area contributed by atoms with Crippen LogP contribution in [0, 0.1) is 18.6 Å². The molecule has 2 heterocycles. The van der Waals surface area contributed by atoms with Crippen LogP contribution in [0.25, 0.3) is 11.0 Å². The fourth-order valence-electron chi connectivity index (χ4n) is 2.53. The number of halogens is 3. The molecule has 3 rings (SSSR count). The number of carbonyl (C=O) groups is 1. The highest BCUT2D eigenvalue weighted by atomic mass is 79.9. The smallest absolute Gasteiger partial charge is 0.221 e. The van der Waals surface area contributed by atoms with Crippen LogP contribution in [-0.4, -0.2) is 23.0 Å². The zero-order valence-corrected chi connectivity index (χ0v) is 17.5. The Hall–Kier alpha value is -2.61. The van der Waals surface area contributed by atoms with Crippen LogP contribution in [0.1, 0.15) is 25.0 Å². The molecule has 3 aromatic rings. The highest BCUT2D eigenvalue weighted by molar-refractivity contribution is 9.10. The van der Waals surface area contributed by atoms with Crippen molar-refractivity contribution in [3.63, 3.8) is 0 Å². The number of aryl methyl sites for hydroxylation is 1. The van der Waals surface area contributed by atoms with Crippen molar-refractivity contribution >= 4 is 38.6 Å². The molecule has 0 unspecified atom stereocenters. The van der Waals surface area contributed by atoms with Gasteiger partial charge in [0.2, 0.25) is 11.8 Å². The van der Waals surface area contributed by atoms with Gasteiger partial charge in [-0.2, -0.15) is 4.98 Å². The Morgan fingerprint density at radius 1 is 1.25 bits per heavy atom. The number of aromatic nitrogens is 2. The Bertz CT molecular complexity index is 989. The number of ether oxygens (including phenoxy) is 1. The van der Waals surface area contributed by atoms with Crippen LogP contribution in [0.2, 0.25) is 0 Å². The van der Waals surface area contributed by atoms with Crippen LogP contribution in [0.3, 0.4) is 0 Å². The molecule has 0 fully saturated rings. The van der Waals surface area contributed by atoms with Gasteiger partial charge in [0.25, 0.3) is 0 Å². The summed E-state index contributed by atoms with van der Waals surface area (Å²) in [6.07, 6.45) is 1.98. The molecule has 148 valence electrons. The van der Waals surface area contributed by atoms with E-state index in [0.29, 0.717) is 28.1 Å². The molecule has 1 amide bonds. The first-order chi connectivity index (χ1) is 13.3. The third-order valence-corrected chi connectivity index (χ3v) is 4.41. The van der Waals surface area contributed by atoms with Gasteiger partial charge in [-0.05, 0) is 37.1 Å². The number of methoxy groups -OCH3 is 1. The van der Waals surface area contributed by atoms with Crippen molar-refractivity contribution in [1.82, 2.24) is 9.97 Å². The third-order valence-electron chi connectivity index (χ3n) is 3.95. The molecule has 0 saturated heterocycles. The lowest BCUT2D eigenvalue weighted by Crippen LogP contribution is -2.08. The van der Waals surface area contributed by atoms with Gasteiger partial charge in [-0.3, -0.25) is 4.79 Å². The van der Waals surface area contributed by atoms with E-state index < -0.39 is 11.6 Å². The second-order valence-electron chi connectivity index (χ2n) is 5.90. The van der Waals surface area contributed by atoms with E-state index in [2.05, 4.69) is 31.2 Å². The van der Waals surface area contributed by atoms with Crippen molar-refractivity contribution in [1.29, 1.82) is 0 Å². The Labute approximate surface area is 170 Å². The van der Waals surface area contributed by atoms with Gasteiger partial charge in [-0.1, -0.05) is 22.9 Å². The Kier molecular flexibility index (Phi) is 7.39. The second-order valence-corrected chi connectivity index (χ2v) is 6.82. The van der Waals surface area contributed by atoms with Gasteiger partial charge in [0.1, 0.15) is 11.6 Å². The summed E-state index contributed by atoms with van der Waals surface area (Å²) in [5, 5.41) is 3.63. The zero-order valence-electron chi connectivity index (χ0n) is 15.9. The molecule has 0 saturated carbocycles. The minimum atomic E-state index is -0.487. The first-order valence-corrected chi connectivity index (χ1v) is 9.27. The molecule has 28 heavy (non-hydrogen) atoms. The number of carbonyl (C=O) groups excluding carboxylic acids is 1. The zero-order chi connectivity index (χ0) is 20.8. The topological polar surface area (TPSA) is 64.1 Å². The van der Waals surface area contributed by atoms with E-state index in [4.69, 9.17) is 4.74 Å². The van der Waals surface area contributed by atoms with Crippen molar-refractivity contribution in [3.8, 4) is 5.88 Å². The summed E-state index contributed by atoms with van der Waals surface area (Å²) >= 11 is 3.00. The number of pyridine rings is 2. The highest BCUT2D eigenvalue weighted by Crippen LogP contribution is 2.24. The van der Waals surface area contributed by atoms with Crippen LogP contribution in [0.4, 0.5) is 14.5 Å². The Morgan fingerprint density at radius 3 is 2.43 bits per heavy atom. The van der Waals surface area contributed by atoms with Gasteiger partial charge in [0.15, 0.2) is 5.65 Å². The number of hydrogen-bond donors (Lipinski definition) is 1. The molecule has 0 spiro atoms. The molecule has 1 aromatic carbocycles. The molecule has 0 aliphatic rings. The summed E-state index contributed by atoms with van der Waals surface area (Å²) < 4.78 is 31.2. The summed E-state index contributed by atoms with van der Waals surface area (Å²) in [6.45, 7) is 5.11. The molecule has 0 aliphatic heterocycles. The van der Waals surface area contributed by atoms with E-state index in [0.717, 1.165) is 10.9 Å². The maximum Gasteiger partial charge on any atom is 0.221 e. The lowest BCUT2D eigenvalue weighted by atomic mass is 10.1. The van der Waals surface area contributed by atoms with E-state index in [1.54, 1.807) is 26.3 Å². The molecule has 0 atom stereocenters. The van der Waals surface area contributed by atoms with Crippen molar-refractivity contribution < 1.29 is 18.3 Å².